The molecule has 0 aliphatic heterocycles. The highest BCUT2D eigenvalue weighted by Crippen LogP contribution is 2.26. The van der Waals surface area contributed by atoms with Gasteiger partial charge in [-0.25, -0.2) is 4.98 Å². The number of methoxy groups -OCH3 is 2. The van der Waals surface area contributed by atoms with Crippen LogP contribution in [-0.2, 0) is 0 Å². The molecule has 0 saturated heterocycles. The number of rotatable bonds is 4. The van der Waals surface area contributed by atoms with Crippen LogP contribution in [0.4, 0.5) is 5.69 Å². The normalized spacial score (nSPS) is 10.6. The fraction of sp³-hybridized carbons (Fsp3) is 0.176. The summed E-state index contributed by atoms with van der Waals surface area (Å²) >= 11 is 0. The Bertz CT molecular complexity index is 871. The number of carbonyl (C=O) groups is 1. The third-order valence-electron chi connectivity index (χ3n) is 3.51. The molecule has 2 aromatic carbocycles. The monoisotopic (exact) mass is 311 g/mol. The Labute approximate surface area is 133 Å². The first kappa shape index (κ1) is 14.9. The van der Waals surface area contributed by atoms with Crippen LogP contribution in [-0.4, -0.2) is 30.1 Å². The number of nitrogens with one attached hydrogen (secondary N) is 2. The Morgan fingerprint density at radius 2 is 1.96 bits per heavy atom. The molecule has 0 atom stereocenters. The number of imidazole rings is 1. The van der Waals surface area contributed by atoms with Gasteiger partial charge in [-0.05, 0) is 37.3 Å². The van der Waals surface area contributed by atoms with E-state index in [0.717, 1.165) is 16.9 Å². The van der Waals surface area contributed by atoms with Crippen LogP contribution in [0.3, 0.4) is 0 Å². The van der Waals surface area contributed by atoms with Crippen LogP contribution >= 0.6 is 0 Å². The lowest BCUT2D eigenvalue weighted by atomic mass is 10.1. The maximum atomic E-state index is 12.5. The number of fused-ring (bicyclic) bond motifs is 1. The topological polar surface area (TPSA) is 76.2 Å². The number of carbonyl (C=O) groups excluding carboxylic acids is 1. The largest absolute Gasteiger partial charge is 0.497 e. The van der Waals surface area contributed by atoms with Gasteiger partial charge in [-0.3, -0.25) is 4.79 Å². The molecule has 0 saturated carbocycles. The Kier molecular flexibility index (Phi) is 3.89. The number of hydrogen-bond acceptors (Lipinski definition) is 4. The van der Waals surface area contributed by atoms with Crippen molar-refractivity contribution in [3.8, 4) is 11.5 Å². The van der Waals surface area contributed by atoms with Crippen LogP contribution in [0.2, 0.25) is 0 Å². The average molecular weight is 311 g/mol. The van der Waals surface area contributed by atoms with Crippen molar-refractivity contribution in [2.75, 3.05) is 19.5 Å². The summed E-state index contributed by atoms with van der Waals surface area (Å²) in [5.41, 5.74) is 2.86. The highest BCUT2D eigenvalue weighted by molar-refractivity contribution is 6.06. The molecule has 0 spiro atoms. The van der Waals surface area contributed by atoms with Crippen molar-refractivity contribution < 1.29 is 14.3 Å². The predicted molar refractivity (Wildman–Crippen MR) is 88.3 cm³/mol. The van der Waals surface area contributed by atoms with Crippen LogP contribution in [0.1, 0.15) is 16.2 Å². The van der Waals surface area contributed by atoms with Crippen LogP contribution in [0.5, 0.6) is 11.5 Å². The number of aromatic nitrogens is 2. The van der Waals surface area contributed by atoms with E-state index in [1.165, 1.54) is 7.11 Å². The fourth-order valence-corrected chi connectivity index (χ4v) is 2.40. The molecule has 0 bridgehead atoms. The zero-order valence-electron chi connectivity index (χ0n) is 13.1. The van der Waals surface area contributed by atoms with Crippen LogP contribution < -0.4 is 14.8 Å². The van der Waals surface area contributed by atoms with E-state index in [4.69, 9.17) is 9.47 Å². The minimum atomic E-state index is -0.250. The van der Waals surface area contributed by atoms with Crippen LogP contribution in [0, 0.1) is 6.92 Å². The van der Waals surface area contributed by atoms with E-state index in [2.05, 4.69) is 15.3 Å². The SMILES string of the molecule is COc1ccc(C(=O)Nc2ccc3nc(C)[nH]c3c2)c(OC)c1. The van der Waals surface area contributed by atoms with Crippen molar-refractivity contribution in [3.63, 3.8) is 0 Å². The van der Waals surface area contributed by atoms with Gasteiger partial charge in [0.05, 0.1) is 30.8 Å². The summed E-state index contributed by atoms with van der Waals surface area (Å²) in [6.45, 7) is 1.89. The summed E-state index contributed by atoms with van der Waals surface area (Å²) in [6.07, 6.45) is 0. The number of benzene rings is 2. The van der Waals surface area contributed by atoms with Crippen LogP contribution in [0.15, 0.2) is 36.4 Å². The van der Waals surface area contributed by atoms with Gasteiger partial charge in [-0.15, -0.1) is 0 Å². The van der Waals surface area contributed by atoms with Gasteiger partial charge in [0.15, 0.2) is 0 Å². The number of H-pyrrole nitrogens is 1. The van der Waals surface area contributed by atoms with Crippen molar-refractivity contribution in [2.24, 2.45) is 0 Å². The molecular formula is C17H17N3O3. The first-order valence-corrected chi connectivity index (χ1v) is 7.10. The van der Waals surface area contributed by atoms with Gasteiger partial charge in [0.2, 0.25) is 0 Å². The van der Waals surface area contributed by atoms with Gasteiger partial charge in [0.1, 0.15) is 17.3 Å². The highest BCUT2D eigenvalue weighted by atomic mass is 16.5. The van der Waals surface area contributed by atoms with E-state index in [9.17, 15) is 4.79 Å². The minimum Gasteiger partial charge on any atom is -0.497 e. The molecular weight excluding hydrogens is 294 g/mol. The molecule has 6 nitrogen and oxygen atoms in total. The maximum Gasteiger partial charge on any atom is 0.259 e. The molecule has 0 unspecified atom stereocenters. The van der Waals surface area contributed by atoms with Gasteiger partial charge in [0, 0.05) is 11.8 Å². The van der Waals surface area contributed by atoms with Crippen molar-refractivity contribution in [1.29, 1.82) is 0 Å². The Morgan fingerprint density at radius 1 is 1.13 bits per heavy atom. The van der Waals surface area contributed by atoms with Gasteiger partial charge >= 0.3 is 0 Å². The van der Waals surface area contributed by atoms with Crippen molar-refractivity contribution in [1.82, 2.24) is 9.97 Å². The molecule has 0 aliphatic rings. The molecule has 3 aromatic rings. The predicted octanol–water partition coefficient (Wildman–Crippen LogP) is 3.14. The number of ether oxygens (including phenoxy) is 2. The summed E-state index contributed by atoms with van der Waals surface area (Å²) in [5, 5.41) is 2.86. The number of amides is 1. The highest BCUT2D eigenvalue weighted by Gasteiger charge is 2.14. The lowest BCUT2D eigenvalue weighted by Gasteiger charge is -2.11. The van der Waals surface area contributed by atoms with Crippen LogP contribution in [0.25, 0.3) is 11.0 Å². The third kappa shape index (κ3) is 2.96. The second-order valence-electron chi connectivity index (χ2n) is 5.07. The second kappa shape index (κ2) is 6.00. The Morgan fingerprint density at radius 3 is 2.70 bits per heavy atom. The van der Waals surface area contributed by atoms with Crippen molar-refractivity contribution in [2.45, 2.75) is 6.92 Å². The standard InChI is InChI=1S/C17H17N3O3/c1-10-18-14-7-4-11(8-15(14)19-10)20-17(21)13-6-5-12(22-2)9-16(13)23-3/h4-9H,1-3H3,(H,18,19)(H,20,21). The molecule has 0 fully saturated rings. The summed E-state index contributed by atoms with van der Waals surface area (Å²) in [6, 6.07) is 10.6. The fourth-order valence-electron chi connectivity index (χ4n) is 2.40. The van der Waals surface area contributed by atoms with Crippen molar-refractivity contribution in [3.05, 3.63) is 47.8 Å². The Hall–Kier alpha value is -3.02. The molecule has 3 rings (SSSR count). The summed E-state index contributed by atoms with van der Waals surface area (Å²) in [7, 11) is 3.08. The molecule has 2 N–H and O–H groups in total. The third-order valence-corrected chi connectivity index (χ3v) is 3.51. The molecule has 1 aromatic heterocycles. The molecule has 1 amide bonds. The summed E-state index contributed by atoms with van der Waals surface area (Å²) in [4.78, 5) is 20.0. The summed E-state index contributed by atoms with van der Waals surface area (Å²) in [5.74, 6) is 1.67. The number of hydrogen-bond donors (Lipinski definition) is 2. The first-order valence-electron chi connectivity index (χ1n) is 7.10. The maximum absolute atomic E-state index is 12.5. The number of nitrogens with zero attached hydrogens (tertiary/aromatic N) is 1. The van der Waals surface area contributed by atoms with E-state index >= 15 is 0 Å². The molecule has 0 aliphatic carbocycles. The zero-order valence-corrected chi connectivity index (χ0v) is 13.1. The minimum absolute atomic E-state index is 0.250. The molecule has 6 heteroatoms. The lowest BCUT2D eigenvalue weighted by molar-refractivity contribution is 0.102. The van der Waals surface area contributed by atoms with Gasteiger partial charge < -0.3 is 19.8 Å². The van der Waals surface area contributed by atoms with E-state index in [-0.39, 0.29) is 5.91 Å². The van der Waals surface area contributed by atoms with Gasteiger partial charge in [-0.2, -0.15) is 0 Å². The van der Waals surface area contributed by atoms with Gasteiger partial charge in [0.25, 0.3) is 5.91 Å². The smallest absolute Gasteiger partial charge is 0.259 e. The molecule has 118 valence electrons. The average Bonchev–Trinajstić information content (AvgIpc) is 2.93. The zero-order chi connectivity index (χ0) is 16.4. The summed E-state index contributed by atoms with van der Waals surface area (Å²) < 4.78 is 10.4. The first-order chi connectivity index (χ1) is 11.1. The van der Waals surface area contributed by atoms with E-state index in [0.29, 0.717) is 22.7 Å². The quantitative estimate of drug-likeness (QED) is 0.776. The van der Waals surface area contributed by atoms with Crippen molar-refractivity contribution >= 4 is 22.6 Å². The molecule has 0 radical (unpaired) electrons. The second-order valence-corrected chi connectivity index (χ2v) is 5.07. The van der Waals surface area contributed by atoms with E-state index in [1.807, 2.05) is 25.1 Å². The molecule has 23 heavy (non-hydrogen) atoms. The lowest BCUT2D eigenvalue weighted by Crippen LogP contribution is -2.13. The molecule has 1 heterocycles. The van der Waals surface area contributed by atoms with E-state index < -0.39 is 0 Å². The van der Waals surface area contributed by atoms with E-state index in [1.54, 1.807) is 25.3 Å². The Balaban J connectivity index is 1.87. The number of anilines is 1. The number of aryl methyl sites for hydroxylation is 1. The number of aromatic amines is 1. The van der Waals surface area contributed by atoms with Gasteiger partial charge in [-0.1, -0.05) is 0 Å².